The molecule has 2 rings (SSSR count). The molecule has 0 saturated carbocycles. The highest BCUT2D eigenvalue weighted by Gasteiger charge is 2.13. The summed E-state index contributed by atoms with van der Waals surface area (Å²) in [5.41, 5.74) is 4.23. The van der Waals surface area contributed by atoms with Crippen LogP contribution in [0.2, 0.25) is 0 Å². The first-order chi connectivity index (χ1) is 9.47. The molecule has 0 fully saturated rings. The van der Waals surface area contributed by atoms with Gasteiger partial charge in [-0.3, -0.25) is 4.79 Å². The second kappa shape index (κ2) is 6.23. The van der Waals surface area contributed by atoms with Crippen molar-refractivity contribution < 1.29 is 4.79 Å². The van der Waals surface area contributed by atoms with Gasteiger partial charge in [0.05, 0.1) is 6.04 Å². The molecule has 0 aliphatic carbocycles. The van der Waals surface area contributed by atoms with E-state index < -0.39 is 0 Å². The van der Waals surface area contributed by atoms with Gasteiger partial charge in [-0.15, -0.1) is 0 Å². The van der Waals surface area contributed by atoms with E-state index in [2.05, 4.69) is 53.3 Å². The van der Waals surface area contributed by atoms with Crippen LogP contribution in [0, 0.1) is 13.8 Å². The quantitative estimate of drug-likeness (QED) is 0.877. The molecule has 0 radical (unpaired) electrons. The molecule has 104 valence electrons. The molecule has 0 saturated heterocycles. The van der Waals surface area contributed by atoms with Crippen LogP contribution in [0.25, 0.3) is 0 Å². The summed E-state index contributed by atoms with van der Waals surface area (Å²) in [5, 5.41) is 3.05. The summed E-state index contributed by atoms with van der Waals surface area (Å²) in [7, 11) is 0. The summed E-state index contributed by atoms with van der Waals surface area (Å²) < 4.78 is 0.969. The van der Waals surface area contributed by atoms with Crippen molar-refractivity contribution in [2.24, 2.45) is 0 Å². The summed E-state index contributed by atoms with van der Waals surface area (Å²) >= 11 is 3.37. The van der Waals surface area contributed by atoms with Crippen LogP contribution < -0.4 is 5.32 Å². The minimum Gasteiger partial charge on any atom is -0.346 e. The molecule has 0 unspecified atom stereocenters. The fourth-order valence-corrected chi connectivity index (χ4v) is 2.45. The van der Waals surface area contributed by atoms with Crippen molar-refractivity contribution in [3.05, 3.63) is 69.2 Å². The number of nitrogens with one attached hydrogen (secondary N) is 1. The first-order valence-electron chi connectivity index (χ1n) is 6.61. The first kappa shape index (κ1) is 14.8. The van der Waals surface area contributed by atoms with Gasteiger partial charge in [-0.05, 0) is 56.2 Å². The SMILES string of the molecule is Cc1ccc(C)c([C@H](C)NC(=O)c2ccc(Br)cc2)c1. The smallest absolute Gasteiger partial charge is 0.251 e. The van der Waals surface area contributed by atoms with Crippen LogP contribution in [0.4, 0.5) is 0 Å². The zero-order valence-electron chi connectivity index (χ0n) is 11.9. The van der Waals surface area contributed by atoms with Gasteiger partial charge in [-0.25, -0.2) is 0 Å². The molecule has 0 heterocycles. The van der Waals surface area contributed by atoms with Crippen molar-refractivity contribution in [2.45, 2.75) is 26.8 Å². The molecule has 0 aromatic heterocycles. The average molecular weight is 332 g/mol. The predicted octanol–water partition coefficient (Wildman–Crippen LogP) is 4.56. The van der Waals surface area contributed by atoms with Crippen LogP contribution in [0.15, 0.2) is 46.9 Å². The van der Waals surface area contributed by atoms with Gasteiger partial charge in [-0.2, -0.15) is 0 Å². The van der Waals surface area contributed by atoms with E-state index in [0.29, 0.717) is 5.56 Å². The lowest BCUT2D eigenvalue weighted by atomic mass is 10.00. The van der Waals surface area contributed by atoms with Crippen molar-refractivity contribution in [3.8, 4) is 0 Å². The molecule has 2 aromatic rings. The van der Waals surface area contributed by atoms with Crippen LogP contribution >= 0.6 is 15.9 Å². The third-order valence-electron chi connectivity index (χ3n) is 3.36. The summed E-state index contributed by atoms with van der Waals surface area (Å²) in [4.78, 5) is 12.2. The summed E-state index contributed by atoms with van der Waals surface area (Å²) in [6, 6.07) is 13.7. The van der Waals surface area contributed by atoms with Crippen LogP contribution in [0.5, 0.6) is 0 Å². The average Bonchev–Trinajstić information content (AvgIpc) is 2.42. The number of rotatable bonds is 3. The predicted molar refractivity (Wildman–Crippen MR) is 85.9 cm³/mol. The van der Waals surface area contributed by atoms with Crippen molar-refractivity contribution >= 4 is 21.8 Å². The molecule has 2 nitrogen and oxygen atoms in total. The maximum absolute atomic E-state index is 12.2. The monoisotopic (exact) mass is 331 g/mol. The van der Waals surface area contributed by atoms with Gasteiger partial charge in [0.25, 0.3) is 5.91 Å². The number of halogens is 1. The highest BCUT2D eigenvalue weighted by Crippen LogP contribution is 2.19. The number of hydrogen-bond acceptors (Lipinski definition) is 1. The van der Waals surface area contributed by atoms with E-state index in [-0.39, 0.29) is 11.9 Å². The molecule has 2 aromatic carbocycles. The Morgan fingerprint density at radius 2 is 1.75 bits per heavy atom. The highest BCUT2D eigenvalue weighted by atomic mass is 79.9. The van der Waals surface area contributed by atoms with Gasteiger partial charge in [0.2, 0.25) is 0 Å². The first-order valence-corrected chi connectivity index (χ1v) is 7.40. The molecule has 0 bridgehead atoms. The Kier molecular flexibility index (Phi) is 4.61. The molecule has 0 aliphatic heterocycles. The van der Waals surface area contributed by atoms with Crippen molar-refractivity contribution in [3.63, 3.8) is 0 Å². The zero-order chi connectivity index (χ0) is 14.7. The van der Waals surface area contributed by atoms with Gasteiger partial charge < -0.3 is 5.32 Å². The van der Waals surface area contributed by atoms with Crippen LogP contribution in [0.3, 0.4) is 0 Å². The van der Waals surface area contributed by atoms with Crippen LogP contribution in [-0.2, 0) is 0 Å². The van der Waals surface area contributed by atoms with Crippen molar-refractivity contribution in [1.82, 2.24) is 5.32 Å². The molecule has 3 heteroatoms. The van der Waals surface area contributed by atoms with Gasteiger partial charge in [0.15, 0.2) is 0 Å². The number of carbonyl (C=O) groups excluding carboxylic acids is 1. The van der Waals surface area contributed by atoms with E-state index >= 15 is 0 Å². The van der Waals surface area contributed by atoms with E-state index in [0.717, 1.165) is 10.0 Å². The third-order valence-corrected chi connectivity index (χ3v) is 3.88. The van der Waals surface area contributed by atoms with Gasteiger partial charge >= 0.3 is 0 Å². The molecular weight excluding hydrogens is 314 g/mol. The number of carbonyl (C=O) groups is 1. The minimum atomic E-state index is -0.0501. The largest absolute Gasteiger partial charge is 0.346 e. The summed E-state index contributed by atoms with van der Waals surface area (Å²) in [5.74, 6) is -0.0501. The van der Waals surface area contributed by atoms with Crippen molar-refractivity contribution in [1.29, 1.82) is 0 Å². The molecule has 1 N–H and O–H groups in total. The van der Waals surface area contributed by atoms with Crippen LogP contribution in [0.1, 0.15) is 40.0 Å². The minimum absolute atomic E-state index is 0.00829. The zero-order valence-corrected chi connectivity index (χ0v) is 13.5. The van der Waals surface area contributed by atoms with E-state index in [1.165, 1.54) is 11.1 Å². The number of amides is 1. The Morgan fingerprint density at radius 3 is 2.40 bits per heavy atom. The van der Waals surface area contributed by atoms with Gasteiger partial charge in [0, 0.05) is 10.0 Å². The molecule has 0 aliphatic rings. The van der Waals surface area contributed by atoms with E-state index in [4.69, 9.17) is 0 Å². The topological polar surface area (TPSA) is 29.1 Å². The lowest BCUT2D eigenvalue weighted by Crippen LogP contribution is -2.27. The second-order valence-corrected chi connectivity index (χ2v) is 5.98. The molecule has 20 heavy (non-hydrogen) atoms. The Hall–Kier alpha value is -1.61. The fraction of sp³-hybridized carbons (Fsp3) is 0.235. The van der Waals surface area contributed by atoms with E-state index in [9.17, 15) is 4.79 Å². The van der Waals surface area contributed by atoms with Crippen molar-refractivity contribution in [2.75, 3.05) is 0 Å². The Balaban J connectivity index is 2.15. The van der Waals surface area contributed by atoms with E-state index in [1.54, 1.807) is 0 Å². The second-order valence-electron chi connectivity index (χ2n) is 5.06. The maximum Gasteiger partial charge on any atom is 0.251 e. The Labute approximate surface area is 128 Å². The maximum atomic E-state index is 12.2. The fourth-order valence-electron chi connectivity index (χ4n) is 2.19. The van der Waals surface area contributed by atoms with Crippen LogP contribution in [-0.4, -0.2) is 5.91 Å². The lowest BCUT2D eigenvalue weighted by molar-refractivity contribution is 0.0940. The summed E-state index contributed by atoms with van der Waals surface area (Å²) in [6.07, 6.45) is 0. The normalized spacial score (nSPS) is 12.0. The van der Waals surface area contributed by atoms with Gasteiger partial charge in [-0.1, -0.05) is 39.7 Å². The molecule has 1 atom stereocenters. The lowest BCUT2D eigenvalue weighted by Gasteiger charge is -2.17. The molecular formula is C17H18BrNO. The van der Waals surface area contributed by atoms with E-state index in [1.807, 2.05) is 31.2 Å². The molecule has 1 amide bonds. The Bertz CT molecular complexity index is 619. The summed E-state index contributed by atoms with van der Waals surface area (Å²) in [6.45, 7) is 6.14. The number of aryl methyl sites for hydroxylation is 2. The third kappa shape index (κ3) is 3.48. The number of hydrogen-bond donors (Lipinski definition) is 1. The standard InChI is InChI=1S/C17H18BrNO/c1-11-4-5-12(2)16(10-11)13(3)19-17(20)14-6-8-15(18)9-7-14/h4-10,13H,1-3H3,(H,19,20)/t13-/m0/s1. The molecule has 0 spiro atoms. The number of benzene rings is 2. The Morgan fingerprint density at radius 1 is 1.10 bits per heavy atom. The highest BCUT2D eigenvalue weighted by molar-refractivity contribution is 9.10. The van der Waals surface area contributed by atoms with Gasteiger partial charge in [0.1, 0.15) is 0 Å².